The van der Waals surface area contributed by atoms with Crippen LogP contribution in [0, 0.1) is 6.92 Å². The van der Waals surface area contributed by atoms with Crippen LogP contribution >= 0.6 is 0 Å². The zero-order chi connectivity index (χ0) is 23.8. The summed E-state index contributed by atoms with van der Waals surface area (Å²) < 4.78 is 6.93. The summed E-state index contributed by atoms with van der Waals surface area (Å²) in [5.41, 5.74) is 3.04. The van der Waals surface area contributed by atoms with Crippen LogP contribution in [0.25, 0.3) is 0 Å². The van der Waals surface area contributed by atoms with Crippen molar-refractivity contribution in [2.75, 3.05) is 20.2 Å². The van der Waals surface area contributed by atoms with E-state index in [1.807, 2.05) is 60.0 Å². The maximum Gasteiger partial charge on any atom is 0.325 e. The molecule has 7 heteroatoms. The van der Waals surface area contributed by atoms with Gasteiger partial charge in [0.1, 0.15) is 12.1 Å². The fourth-order valence-corrected chi connectivity index (χ4v) is 3.76. The molecule has 0 aliphatic carbocycles. The van der Waals surface area contributed by atoms with Crippen molar-refractivity contribution in [1.29, 1.82) is 0 Å². The fourth-order valence-electron chi connectivity index (χ4n) is 3.76. The molecule has 0 atom stereocenters. The number of pyridine rings is 2. The van der Waals surface area contributed by atoms with Crippen LogP contribution in [0.3, 0.4) is 0 Å². The van der Waals surface area contributed by atoms with Crippen molar-refractivity contribution < 1.29 is 14.3 Å². The highest BCUT2D eigenvalue weighted by atomic mass is 16.5. The van der Waals surface area contributed by atoms with Crippen LogP contribution in [-0.2, 0) is 28.9 Å². The monoisotopic (exact) mass is 447 g/mol. The van der Waals surface area contributed by atoms with Crippen LogP contribution in [0.2, 0.25) is 0 Å². The fraction of sp³-hybridized carbons (Fsp3) is 0.308. The standard InChI is InChI=1S/C26H29N3O4/c1-4-33-24(31)18-28(3)26(32)25-22(14-13-20-10-6-5-7-11-20)29(19(2)16-23(25)30)17-21-12-8-9-15-27-21/h5-12,15-16H,4,13-14,17-18H2,1-3H3. The number of rotatable bonds is 9. The Morgan fingerprint density at radius 1 is 1.06 bits per heavy atom. The number of amides is 1. The molecule has 3 aromatic rings. The molecule has 0 radical (unpaired) electrons. The molecular formula is C26H29N3O4. The Bertz CT molecular complexity index is 1160. The Hall–Kier alpha value is -3.74. The van der Waals surface area contributed by atoms with E-state index >= 15 is 0 Å². The van der Waals surface area contributed by atoms with Gasteiger partial charge in [-0.2, -0.15) is 0 Å². The van der Waals surface area contributed by atoms with Crippen molar-refractivity contribution in [3.63, 3.8) is 0 Å². The third kappa shape index (κ3) is 6.16. The highest BCUT2D eigenvalue weighted by Crippen LogP contribution is 2.16. The normalized spacial score (nSPS) is 10.6. The number of ether oxygens (including phenoxy) is 1. The van der Waals surface area contributed by atoms with Gasteiger partial charge in [0.05, 0.1) is 18.8 Å². The minimum atomic E-state index is -0.514. The van der Waals surface area contributed by atoms with Gasteiger partial charge in [-0.25, -0.2) is 0 Å². The van der Waals surface area contributed by atoms with Crippen molar-refractivity contribution in [1.82, 2.24) is 14.5 Å². The molecule has 0 aliphatic rings. The van der Waals surface area contributed by atoms with Gasteiger partial charge in [-0.15, -0.1) is 0 Å². The molecule has 3 rings (SSSR count). The van der Waals surface area contributed by atoms with E-state index in [0.29, 0.717) is 25.1 Å². The average Bonchev–Trinajstić information content (AvgIpc) is 2.80. The first-order chi connectivity index (χ1) is 15.9. The van der Waals surface area contributed by atoms with Crippen molar-refractivity contribution in [2.24, 2.45) is 0 Å². The van der Waals surface area contributed by atoms with E-state index in [4.69, 9.17) is 4.74 Å². The zero-order valence-electron chi connectivity index (χ0n) is 19.3. The number of nitrogens with zero attached hydrogens (tertiary/aromatic N) is 3. The van der Waals surface area contributed by atoms with E-state index in [1.54, 1.807) is 13.1 Å². The summed E-state index contributed by atoms with van der Waals surface area (Å²) >= 11 is 0. The van der Waals surface area contributed by atoms with Crippen molar-refractivity contribution in [3.05, 3.63) is 99.2 Å². The summed E-state index contributed by atoms with van der Waals surface area (Å²) in [5.74, 6) is -1.01. The highest BCUT2D eigenvalue weighted by molar-refractivity contribution is 5.96. The number of benzene rings is 1. The predicted octanol–water partition coefficient (Wildman–Crippen LogP) is 3.02. The summed E-state index contributed by atoms with van der Waals surface area (Å²) in [6.07, 6.45) is 2.87. The first-order valence-electron chi connectivity index (χ1n) is 11.0. The molecule has 33 heavy (non-hydrogen) atoms. The number of carbonyl (C=O) groups excluding carboxylic acids is 2. The van der Waals surface area contributed by atoms with Gasteiger partial charge in [-0.3, -0.25) is 19.4 Å². The van der Waals surface area contributed by atoms with E-state index in [2.05, 4.69) is 4.98 Å². The Labute approximate surface area is 193 Å². The second kappa shape index (κ2) is 11.2. The molecule has 0 saturated carbocycles. The molecule has 1 amide bonds. The van der Waals surface area contributed by atoms with Crippen molar-refractivity contribution >= 4 is 11.9 Å². The van der Waals surface area contributed by atoms with Crippen LogP contribution in [0.5, 0.6) is 0 Å². The van der Waals surface area contributed by atoms with Gasteiger partial charge in [0.2, 0.25) is 0 Å². The van der Waals surface area contributed by atoms with E-state index in [-0.39, 0.29) is 24.1 Å². The lowest BCUT2D eigenvalue weighted by atomic mass is 10.0. The first-order valence-corrected chi connectivity index (χ1v) is 11.0. The SMILES string of the molecule is CCOC(=O)CN(C)C(=O)c1c(CCc2ccccc2)n(Cc2ccccn2)c(C)cc1=O. The zero-order valence-corrected chi connectivity index (χ0v) is 19.3. The quantitative estimate of drug-likeness (QED) is 0.471. The Kier molecular flexibility index (Phi) is 8.13. The van der Waals surface area contributed by atoms with E-state index in [1.165, 1.54) is 18.0 Å². The molecule has 0 unspecified atom stereocenters. The molecule has 1 aromatic carbocycles. The second-order valence-corrected chi connectivity index (χ2v) is 7.83. The van der Waals surface area contributed by atoms with E-state index < -0.39 is 11.9 Å². The minimum Gasteiger partial charge on any atom is -0.465 e. The Morgan fingerprint density at radius 2 is 1.79 bits per heavy atom. The van der Waals surface area contributed by atoms with Crippen molar-refractivity contribution in [3.8, 4) is 0 Å². The van der Waals surface area contributed by atoms with E-state index in [0.717, 1.165) is 17.0 Å². The minimum absolute atomic E-state index is 0.0826. The van der Waals surface area contributed by atoms with Crippen LogP contribution in [0.1, 0.15) is 39.9 Å². The Balaban J connectivity index is 2.04. The summed E-state index contributed by atoms with van der Waals surface area (Å²) in [6.45, 7) is 3.99. The molecule has 0 bridgehead atoms. The lowest BCUT2D eigenvalue weighted by Gasteiger charge is -2.23. The number of aromatic nitrogens is 2. The lowest BCUT2D eigenvalue weighted by Crippen LogP contribution is -2.38. The summed E-state index contributed by atoms with van der Waals surface area (Å²) in [4.78, 5) is 44.0. The maximum atomic E-state index is 13.3. The lowest BCUT2D eigenvalue weighted by molar-refractivity contribution is -0.143. The number of hydrogen-bond donors (Lipinski definition) is 0. The molecule has 0 aliphatic heterocycles. The van der Waals surface area contributed by atoms with Gasteiger partial charge >= 0.3 is 5.97 Å². The van der Waals surface area contributed by atoms with Gasteiger partial charge in [0.15, 0.2) is 5.43 Å². The molecule has 2 heterocycles. The average molecular weight is 448 g/mol. The van der Waals surface area contributed by atoms with Crippen LogP contribution < -0.4 is 5.43 Å². The third-order valence-electron chi connectivity index (χ3n) is 5.40. The Morgan fingerprint density at radius 3 is 2.45 bits per heavy atom. The molecule has 0 spiro atoms. The van der Waals surface area contributed by atoms with E-state index in [9.17, 15) is 14.4 Å². The van der Waals surface area contributed by atoms with Gasteiger partial charge in [0, 0.05) is 30.7 Å². The number of esters is 1. The molecule has 172 valence electrons. The molecule has 0 N–H and O–H groups in total. The third-order valence-corrected chi connectivity index (χ3v) is 5.40. The smallest absolute Gasteiger partial charge is 0.325 e. The molecule has 2 aromatic heterocycles. The number of hydrogen-bond acceptors (Lipinski definition) is 5. The summed E-state index contributed by atoms with van der Waals surface area (Å²) in [6, 6.07) is 17.0. The molecular weight excluding hydrogens is 418 g/mol. The van der Waals surface area contributed by atoms with Gasteiger partial charge < -0.3 is 14.2 Å². The molecule has 0 saturated heterocycles. The van der Waals surface area contributed by atoms with Gasteiger partial charge in [0.25, 0.3) is 5.91 Å². The van der Waals surface area contributed by atoms with Gasteiger partial charge in [-0.1, -0.05) is 36.4 Å². The number of aryl methyl sites for hydroxylation is 2. The first kappa shape index (κ1) is 23.9. The summed E-state index contributed by atoms with van der Waals surface area (Å²) in [7, 11) is 1.50. The van der Waals surface area contributed by atoms with Crippen LogP contribution in [0.15, 0.2) is 65.6 Å². The number of carbonyl (C=O) groups is 2. The molecule has 7 nitrogen and oxygen atoms in total. The predicted molar refractivity (Wildman–Crippen MR) is 126 cm³/mol. The highest BCUT2D eigenvalue weighted by Gasteiger charge is 2.24. The molecule has 0 fully saturated rings. The topological polar surface area (TPSA) is 81.5 Å². The number of likely N-dealkylation sites (N-methyl/N-ethyl adjacent to an activating group) is 1. The van der Waals surface area contributed by atoms with Crippen molar-refractivity contribution in [2.45, 2.75) is 33.2 Å². The largest absolute Gasteiger partial charge is 0.465 e. The summed E-state index contributed by atoms with van der Waals surface area (Å²) in [5, 5.41) is 0. The van der Waals surface area contributed by atoms with Gasteiger partial charge in [-0.05, 0) is 44.4 Å². The van der Waals surface area contributed by atoms with Crippen LogP contribution in [0.4, 0.5) is 0 Å². The maximum absolute atomic E-state index is 13.3. The van der Waals surface area contributed by atoms with Crippen LogP contribution in [-0.4, -0.2) is 46.5 Å². The second-order valence-electron chi connectivity index (χ2n) is 7.83.